The summed E-state index contributed by atoms with van der Waals surface area (Å²) >= 11 is 1.71. The molecule has 1 N–H and O–H groups in total. The summed E-state index contributed by atoms with van der Waals surface area (Å²) in [5.41, 5.74) is 4.50. The van der Waals surface area contributed by atoms with E-state index in [1.165, 1.54) is 75.5 Å². The van der Waals surface area contributed by atoms with Crippen LogP contribution in [0.15, 0.2) is 60.2 Å². The Hall–Kier alpha value is -2.66. The number of ether oxygens (including phenoxy) is 1. The maximum atomic E-state index is 13.2. The average molecular weight is 522 g/mol. The second kappa shape index (κ2) is 17.0. The molecule has 0 bridgehead atoms. The minimum absolute atomic E-state index is 0.107. The first-order chi connectivity index (χ1) is 18.2. The van der Waals surface area contributed by atoms with E-state index in [0.717, 1.165) is 23.4 Å². The molecule has 0 unspecified atom stereocenters. The Morgan fingerprint density at radius 2 is 1.46 bits per heavy atom. The molecule has 0 saturated heterocycles. The van der Waals surface area contributed by atoms with Crippen LogP contribution in [0, 0.1) is 6.92 Å². The lowest BCUT2D eigenvalue weighted by atomic mass is 10.1. The van der Waals surface area contributed by atoms with E-state index in [2.05, 4.69) is 35.4 Å². The molecule has 0 saturated carbocycles. The summed E-state index contributed by atoms with van der Waals surface area (Å²) in [7, 11) is 0. The molecule has 1 amide bonds. The topological polar surface area (TPSA) is 42.2 Å². The van der Waals surface area contributed by atoms with E-state index in [1.807, 2.05) is 48.5 Å². The van der Waals surface area contributed by atoms with Gasteiger partial charge < -0.3 is 10.1 Å². The van der Waals surface area contributed by atoms with Gasteiger partial charge in [-0.25, -0.2) is 0 Å². The molecule has 0 spiro atoms. The number of hydrogen-bond acceptors (Lipinski definition) is 3. The molecule has 3 rings (SSSR count). The number of anilines is 1. The first-order valence-corrected chi connectivity index (χ1v) is 15.1. The lowest BCUT2D eigenvalue weighted by Gasteiger charge is -2.13. The highest BCUT2D eigenvalue weighted by molar-refractivity contribution is 7.09. The summed E-state index contributed by atoms with van der Waals surface area (Å²) in [6, 6.07) is 15.5. The van der Waals surface area contributed by atoms with E-state index in [1.54, 1.807) is 11.3 Å². The largest absolute Gasteiger partial charge is 0.491 e. The number of benzene rings is 2. The van der Waals surface area contributed by atoms with Crippen LogP contribution in [0.25, 0.3) is 0 Å². The summed E-state index contributed by atoms with van der Waals surface area (Å²) in [6.07, 6.45) is 18.0. The predicted octanol–water partition coefficient (Wildman–Crippen LogP) is 8.72. The Labute approximate surface area is 228 Å². The van der Waals surface area contributed by atoms with Gasteiger partial charge in [-0.05, 0) is 31.5 Å². The van der Waals surface area contributed by atoms with Gasteiger partial charge in [0.25, 0.3) is 5.91 Å². The van der Waals surface area contributed by atoms with Gasteiger partial charge >= 0.3 is 0 Å². The summed E-state index contributed by atoms with van der Waals surface area (Å²) in [5.74, 6) is 0.629. The lowest BCUT2D eigenvalue weighted by Crippen LogP contribution is -2.32. The Bertz CT molecular complexity index is 1060. The summed E-state index contributed by atoms with van der Waals surface area (Å²) < 4.78 is 8.20. The number of hydrogen-bond donors (Lipinski definition) is 1. The second-order valence-electron chi connectivity index (χ2n) is 9.98. The van der Waals surface area contributed by atoms with Crippen molar-refractivity contribution in [3.63, 3.8) is 0 Å². The Morgan fingerprint density at radius 3 is 2.14 bits per heavy atom. The van der Waals surface area contributed by atoms with Crippen LogP contribution in [-0.4, -0.2) is 12.5 Å². The highest BCUT2D eigenvalue weighted by atomic mass is 32.1. The highest BCUT2D eigenvalue weighted by Gasteiger charge is 2.16. The van der Waals surface area contributed by atoms with Crippen molar-refractivity contribution in [1.29, 1.82) is 0 Å². The molecule has 0 aliphatic heterocycles. The maximum absolute atomic E-state index is 13.2. The van der Waals surface area contributed by atoms with Gasteiger partial charge in [0.05, 0.1) is 17.2 Å². The molecular weight excluding hydrogens is 476 g/mol. The van der Waals surface area contributed by atoms with Crippen LogP contribution < -0.4 is 14.6 Å². The fourth-order valence-corrected chi connectivity index (χ4v) is 5.25. The molecule has 1 heterocycles. The third-order valence-corrected chi connectivity index (χ3v) is 7.58. The number of rotatable bonds is 18. The van der Waals surface area contributed by atoms with E-state index in [9.17, 15) is 4.79 Å². The van der Waals surface area contributed by atoms with E-state index >= 15 is 0 Å². The number of carbonyl (C=O) groups is 1. The van der Waals surface area contributed by atoms with Gasteiger partial charge in [0, 0.05) is 11.1 Å². The van der Waals surface area contributed by atoms with E-state index in [4.69, 9.17) is 4.74 Å². The molecule has 200 valence electrons. The Balaban J connectivity index is 1.39. The molecule has 3 aromatic rings. The molecule has 1 aromatic heterocycles. The minimum Gasteiger partial charge on any atom is -0.491 e. The predicted molar refractivity (Wildman–Crippen MR) is 156 cm³/mol. The molecule has 4 nitrogen and oxygen atoms in total. The first kappa shape index (κ1) is 28.9. The van der Waals surface area contributed by atoms with Gasteiger partial charge in [0.15, 0.2) is 12.7 Å². The van der Waals surface area contributed by atoms with Crippen molar-refractivity contribution in [2.75, 3.05) is 11.9 Å². The monoisotopic (exact) mass is 521 g/mol. The van der Waals surface area contributed by atoms with Crippen molar-refractivity contribution >= 4 is 22.9 Å². The van der Waals surface area contributed by atoms with Crippen LogP contribution in [-0.2, 0) is 6.54 Å². The van der Waals surface area contributed by atoms with Gasteiger partial charge in [-0.1, -0.05) is 119 Å². The van der Waals surface area contributed by atoms with Gasteiger partial charge in [0.2, 0.25) is 5.51 Å². The van der Waals surface area contributed by atoms with Crippen molar-refractivity contribution in [3.05, 3.63) is 76.2 Å². The molecule has 0 aliphatic carbocycles. The van der Waals surface area contributed by atoms with Crippen LogP contribution in [0.3, 0.4) is 0 Å². The van der Waals surface area contributed by atoms with Crippen LogP contribution in [0.5, 0.6) is 5.75 Å². The molecule has 37 heavy (non-hydrogen) atoms. The molecule has 0 aliphatic rings. The maximum Gasteiger partial charge on any atom is 0.256 e. The smallest absolute Gasteiger partial charge is 0.256 e. The number of thiazole rings is 1. The molecule has 0 atom stereocenters. The second-order valence-corrected chi connectivity index (χ2v) is 11.1. The lowest BCUT2D eigenvalue weighted by molar-refractivity contribution is -0.683. The number of nitrogens with zero attached hydrogens (tertiary/aromatic N) is 1. The zero-order chi connectivity index (χ0) is 26.1. The number of nitrogens with one attached hydrogen (secondary N) is 1. The van der Waals surface area contributed by atoms with Crippen molar-refractivity contribution in [1.82, 2.24) is 0 Å². The normalized spacial score (nSPS) is 11.0. The van der Waals surface area contributed by atoms with Gasteiger partial charge in [-0.15, -0.1) is 0 Å². The molecule has 5 heteroatoms. The summed E-state index contributed by atoms with van der Waals surface area (Å²) in [4.78, 5) is 14.4. The zero-order valence-electron chi connectivity index (χ0n) is 22.8. The molecule has 0 fully saturated rings. The number of amides is 1. The van der Waals surface area contributed by atoms with Crippen molar-refractivity contribution < 1.29 is 14.1 Å². The average Bonchev–Trinajstić information content (AvgIpc) is 3.32. The SMILES string of the molecule is CCCCCCCCCCCCCCOc1ccccc1NC(=O)c1ccccc1C[n+]1csc(C)c1. The molecule has 0 radical (unpaired) electrons. The van der Waals surface area contributed by atoms with Gasteiger partial charge in [-0.2, -0.15) is 4.57 Å². The van der Waals surface area contributed by atoms with Crippen LogP contribution in [0.1, 0.15) is 105 Å². The van der Waals surface area contributed by atoms with Crippen molar-refractivity contribution in [2.45, 2.75) is 97.4 Å². The third kappa shape index (κ3) is 10.7. The van der Waals surface area contributed by atoms with Crippen molar-refractivity contribution in [2.24, 2.45) is 0 Å². The first-order valence-electron chi connectivity index (χ1n) is 14.2. The number of para-hydroxylation sites is 2. The summed E-state index contributed by atoms with van der Waals surface area (Å²) in [6.45, 7) is 5.71. The Morgan fingerprint density at radius 1 is 0.838 bits per heavy atom. The van der Waals surface area contributed by atoms with Crippen LogP contribution in [0.4, 0.5) is 5.69 Å². The van der Waals surface area contributed by atoms with Crippen molar-refractivity contribution in [3.8, 4) is 5.75 Å². The summed E-state index contributed by atoms with van der Waals surface area (Å²) in [5, 5.41) is 3.08. The number of aromatic nitrogens is 1. The fraction of sp³-hybridized carbons (Fsp3) is 0.500. The molecule has 2 aromatic carbocycles. The van der Waals surface area contributed by atoms with E-state index in [0.29, 0.717) is 18.7 Å². The van der Waals surface area contributed by atoms with Crippen LogP contribution in [0.2, 0.25) is 0 Å². The minimum atomic E-state index is -0.107. The third-order valence-electron chi connectivity index (χ3n) is 6.73. The molecular formula is C32H45N2O2S+. The zero-order valence-corrected chi connectivity index (χ0v) is 23.7. The van der Waals surface area contributed by atoms with Crippen LogP contribution >= 0.6 is 11.3 Å². The number of unbranched alkanes of at least 4 members (excludes halogenated alkanes) is 11. The highest BCUT2D eigenvalue weighted by Crippen LogP contribution is 2.25. The van der Waals surface area contributed by atoms with E-state index in [-0.39, 0.29) is 5.91 Å². The van der Waals surface area contributed by atoms with Gasteiger partial charge in [-0.3, -0.25) is 4.79 Å². The quantitative estimate of drug-likeness (QED) is 0.134. The van der Waals surface area contributed by atoms with Gasteiger partial charge in [0.1, 0.15) is 5.75 Å². The van der Waals surface area contributed by atoms with E-state index < -0.39 is 0 Å². The fourth-order valence-electron chi connectivity index (χ4n) is 4.62. The standard InChI is InChI=1S/C32H44N2O2S/c1-3-4-5-6-7-8-9-10-11-12-13-18-23-36-31-22-17-16-21-30(31)33-32(35)29-20-15-14-19-28(29)25-34-24-27(2)37-26-34/h14-17,19-22,24,26H,3-13,18,23,25H2,1-2H3/p+1. The number of carbonyl (C=O) groups excluding carboxylic acids is 1. The number of aryl methyl sites for hydroxylation is 1. The Kier molecular flexibility index (Phi) is 13.3.